The summed E-state index contributed by atoms with van der Waals surface area (Å²) in [5.74, 6) is 0.847. The van der Waals surface area contributed by atoms with Crippen molar-refractivity contribution in [1.82, 2.24) is 19.0 Å². The summed E-state index contributed by atoms with van der Waals surface area (Å²) < 4.78 is 3.19. The van der Waals surface area contributed by atoms with Gasteiger partial charge in [0.1, 0.15) is 11.4 Å². The molecular weight excluding hydrogens is 380 g/mol. The van der Waals surface area contributed by atoms with Gasteiger partial charge in [-0.05, 0) is 55.9 Å². The molecule has 1 aliphatic heterocycles. The van der Waals surface area contributed by atoms with Crippen molar-refractivity contribution >= 4 is 16.8 Å². The minimum absolute atomic E-state index is 0.0441. The zero-order chi connectivity index (χ0) is 20.8. The summed E-state index contributed by atoms with van der Waals surface area (Å²) in [5.41, 5.74) is 0.454. The second kappa shape index (κ2) is 7.23. The van der Waals surface area contributed by atoms with Gasteiger partial charge in [0.25, 0.3) is 17.0 Å². The lowest BCUT2D eigenvalue weighted by Gasteiger charge is -2.26. The number of nitrogens with zero attached hydrogens (tertiary/aromatic N) is 4. The molecule has 7 nitrogen and oxygen atoms in total. The molecule has 1 atom stereocenters. The van der Waals surface area contributed by atoms with Gasteiger partial charge < -0.3 is 9.47 Å². The standard InChI is InChI=1S/C23H24N4O3/c1-25-12-4-7-17(21(25)28)23(30)26-13-5-9-19(26)20-24-18-8-3-2-6-16(18)22(29)27(20)14-15-10-11-15/h2-4,6-8,12,15,19H,5,9-11,13-14H2,1H3. The minimum atomic E-state index is -0.310. The van der Waals surface area contributed by atoms with Gasteiger partial charge in [0.2, 0.25) is 0 Å². The van der Waals surface area contributed by atoms with E-state index in [1.807, 2.05) is 24.3 Å². The smallest absolute Gasteiger partial charge is 0.263 e. The number of fused-ring (bicyclic) bond motifs is 1. The van der Waals surface area contributed by atoms with Crippen LogP contribution in [0.2, 0.25) is 0 Å². The fraction of sp³-hybridized carbons (Fsp3) is 0.391. The Morgan fingerprint density at radius 2 is 1.87 bits per heavy atom. The van der Waals surface area contributed by atoms with Gasteiger partial charge >= 0.3 is 0 Å². The van der Waals surface area contributed by atoms with Gasteiger partial charge in [-0.25, -0.2) is 4.98 Å². The second-order valence-electron chi connectivity index (χ2n) is 8.34. The van der Waals surface area contributed by atoms with E-state index in [9.17, 15) is 14.4 Å². The highest BCUT2D eigenvalue weighted by molar-refractivity contribution is 5.94. The summed E-state index contributed by atoms with van der Waals surface area (Å²) in [7, 11) is 1.64. The molecule has 30 heavy (non-hydrogen) atoms. The lowest BCUT2D eigenvalue weighted by molar-refractivity contribution is 0.0724. The van der Waals surface area contributed by atoms with E-state index in [2.05, 4.69) is 0 Å². The molecule has 3 aromatic rings. The maximum Gasteiger partial charge on any atom is 0.263 e. The zero-order valence-electron chi connectivity index (χ0n) is 17.0. The number of likely N-dealkylation sites (tertiary alicyclic amines) is 1. The monoisotopic (exact) mass is 404 g/mol. The first-order chi connectivity index (χ1) is 14.5. The van der Waals surface area contributed by atoms with Crippen LogP contribution in [-0.2, 0) is 13.6 Å². The fourth-order valence-electron chi connectivity index (χ4n) is 4.37. The van der Waals surface area contributed by atoms with Crippen molar-refractivity contribution in [2.45, 2.75) is 38.3 Å². The van der Waals surface area contributed by atoms with E-state index in [0.29, 0.717) is 35.7 Å². The molecule has 1 aromatic carbocycles. The van der Waals surface area contributed by atoms with Crippen LogP contribution in [-0.4, -0.2) is 31.5 Å². The Kier molecular flexibility index (Phi) is 4.53. The topological polar surface area (TPSA) is 77.2 Å². The molecule has 1 saturated carbocycles. The van der Waals surface area contributed by atoms with Crippen molar-refractivity contribution in [3.05, 3.63) is 74.7 Å². The van der Waals surface area contributed by atoms with Gasteiger partial charge in [0, 0.05) is 26.3 Å². The molecule has 1 amide bonds. The van der Waals surface area contributed by atoms with Gasteiger partial charge in [0.15, 0.2) is 0 Å². The van der Waals surface area contributed by atoms with Crippen LogP contribution >= 0.6 is 0 Å². The van der Waals surface area contributed by atoms with Crippen LogP contribution in [0.4, 0.5) is 0 Å². The zero-order valence-corrected chi connectivity index (χ0v) is 17.0. The molecule has 2 fully saturated rings. The third kappa shape index (κ3) is 3.14. The van der Waals surface area contributed by atoms with E-state index >= 15 is 0 Å². The fourth-order valence-corrected chi connectivity index (χ4v) is 4.37. The van der Waals surface area contributed by atoms with E-state index in [4.69, 9.17) is 4.98 Å². The number of aromatic nitrogens is 3. The molecule has 0 N–H and O–H groups in total. The molecule has 0 bridgehead atoms. The van der Waals surface area contributed by atoms with E-state index in [-0.39, 0.29) is 28.6 Å². The maximum atomic E-state index is 13.3. The Morgan fingerprint density at radius 1 is 1.07 bits per heavy atom. The van der Waals surface area contributed by atoms with Gasteiger partial charge in [0.05, 0.1) is 16.9 Å². The van der Waals surface area contributed by atoms with Crippen molar-refractivity contribution < 1.29 is 4.79 Å². The molecule has 1 aliphatic carbocycles. The highest BCUT2D eigenvalue weighted by atomic mass is 16.2. The number of carbonyl (C=O) groups excluding carboxylic acids is 1. The summed E-state index contributed by atoms with van der Waals surface area (Å²) in [5, 5.41) is 0.606. The quantitative estimate of drug-likeness (QED) is 0.669. The molecule has 0 spiro atoms. The third-order valence-corrected chi connectivity index (χ3v) is 6.19. The summed E-state index contributed by atoms with van der Waals surface area (Å²) in [4.78, 5) is 45.7. The molecule has 1 saturated heterocycles. The Balaban J connectivity index is 1.61. The predicted molar refractivity (Wildman–Crippen MR) is 113 cm³/mol. The number of amides is 1. The Bertz CT molecular complexity index is 1260. The van der Waals surface area contributed by atoms with Crippen molar-refractivity contribution in [3.8, 4) is 0 Å². The normalized spacial score (nSPS) is 18.8. The lowest BCUT2D eigenvalue weighted by Crippen LogP contribution is -2.38. The van der Waals surface area contributed by atoms with E-state index < -0.39 is 0 Å². The van der Waals surface area contributed by atoms with Crippen LogP contribution in [0.3, 0.4) is 0 Å². The summed E-state index contributed by atoms with van der Waals surface area (Å²) in [6, 6.07) is 10.3. The first-order valence-corrected chi connectivity index (χ1v) is 10.5. The summed E-state index contributed by atoms with van der Waals surface area (Å²) >= 11 is 0. The average molecular weight is 404 g/mol. The number of benzene rings is 1. The molecule has 1 unspecified atom stereocenters. The Labute approximate surface area is 173 Å². The van der Waals surface area contributed by atoms with Gasteiger partial charge in [-0.1, -0.05) is 12.1 Å². The molecule has 154 valence electrons. The van der Waals surface area contributed by atoms with Crippen LogP contribution in [0.15, 0.2) is 52.2 Å². The van der Waals surface area contributed by atoms with Crippen LogP contribution < -0.4 is 11.1 Å². The predicted octanol–water partition coefficient (Wildman–Crippen LogP) is 2.48. The third-order valence-electron chi connectivity index (χ3n) is 6.19. The number of hydrogen-bond acceptors (Lipinski definition) is 4. The number of para-hydroxylation sites is 1. The Morgan fingerprint density at radius 3 is 2.67 bits per heavy atom. The van der Waals surface area contributed by atoms with Crippen molar-refractivity contribution in [2.24, 2.45) is 13.0 Å². The lowest BCUT2D eigenvalue weighted by atomic mass is 10.1. The van der Waals surface area contributed by atoms with Gasteiger partial charge in [-0.3, -0.25) is 19.0 Å². The van der Waals surface area contributed by atoms with Crippen LogP contribution in [0.25, 0.3) is 10.9 Å². The first-order valence-electron chi connectivity index (χ1n) is 10.5. The largest absolute Gasteiger partial charge is 0.328 e. The number of rotatable bonds is 4. The number of pyridine rings is 1. The molecular formula is C23H24N4O3. The van der Waals surface area contributed by atoms with Gasteiger partial charge in [-0.15, -0.1) is 0 Å². The van der Waals surface area contributed by atoms with Crippen molar-refractivity contribution in [2.75, 3.05) is 6.54 Å². The highest BCUT2D eigenvalue weighted by Crippen LogP contribution is 2.35. The minimum Gasteiger partial charge on any atom is -0.328 e. The maximum absolute atomic E-state index is 13.3. The Hall–Kier alpha value is -3.22. The molecule has 2 aliphatic rings. The summed E-state index contributed by atoms with van der Waals surface area (Å²) in [6.45, 7) is 1.19. The number of hydrogen-bond donors (Lipinski definition) is 0. The first kappa shape index (κ1) is 18.8. The highest BCUT2D eigenvalue weighted by Gasteiger charge is 2.36. The van der Waals surface area contributed by atoms with Crippen LogP contribution in [0.1, 0.15) is 47.9 Å². The van der Waals surface area contributed by atoms with E-state index in [1.165, 1.54) is 4.57 Å². The number of aryl methyl sites for hydroxylation is 1. The molecule has 5 rings (SSSR count). The summed E-state index contributed by atoms with van der Waals surface area (Å²) in [6.07, 6.45) is 5.42. The van der Waals surface area contributed by atoms with Crippen molar-refractivity contribution in [1.29, 1.82) is 0 Å². The number of carbonyl (C=O) groups is 1. The van der Waals surface area contributed by atoms with E-state index in [1.54, 1.807) is 34.8 Å². The van der Waals surface area contributed by atoms with Gasteiger partial charge in [-0.2, -0.15) is 0 Å². The average Bonchev–Trinajstić information content (AvgIpc) is 3.44. The molecule has 7 heteroatoms. The van der Waals surface area contributed by atoms with Crippen LogP contribution in [0.5, 0.6) is 0 Å². The molecule has 2 aromatic heterocycles. The second-order valence-corrected chi connectivity index (χ2v) is 8.34. The molecule has 0 radical (unpaired) electrons. The van der Waals surface area contributed by atoms with Crippen LogP contribution in [0, 0.1) is 5.92 Å². The van der Waals surface area contributed by atoms with E-state index in [0.717, 1.165) is 25.7 Å². The molecule has 3 heterocycles. The SMILES string of the molecule is Cn1cccc(C(=O)N2CCCC2c2nc3ccccc3c(=O)n2CC2CC2)c1=O. The van der Waals surface area contributed by atoms with Crippen molar-refractivity contribution in [3.63, 3.8) is 0 Å².